The molecule has 0 amide bonds. The van der Waals surface area contributed by atoms with Crippen molar-refractivity contribution in [3.63, 3.8) is 0 Å². The lowest BCUT2D eigenvalue weighted by molar-refractivity contribution is 0.380. The van der Waals surface area contributed by atoms with E-state index in [0.29, 0.717) is 12.5 Å². The molecule has 0 spiro atoms. The van der Waals surface area contributed by atoms with E-state index in [-0.39, 0.29) is 0 Å². The van der Waals surface area contributed by atoms with Crippen LogP contribution in [0.25, 0.3) is 5.69 Å². The molecule has 0 radical (unpaired) electrons. The number of hydrogen-bond donors (Lipinski definition) is 1. The summed E-state index contributed by atoms with van der Waals surface area (Å²) >= 11 is 1.66. The normalized spacial score (nSPS) is 15.1. The number of rotatable bonds is 5. The summed E-state index contributed by atoms with van der Waals surface area (Å²) in [6.45, 7) is 3.82. The van der Waals surface area contributed by atoms with Crippen molar-refractivity contribution in [2.45, 2.75) is 6.54 Å². The van der Waals surface area contributed by atoms with Gasteiger partial charge in [-0.15, -0.1) is 16.4 Å². The molecule has 3 aromatic rings. The van der Waals surface area contributed by atoms with Crippen molar-refractivity contribution < 1.29 is 4.74 Å². The zero-order valence-electron chi connectivity index (χ0n) is 15.6. The van der Waals surface area contributed by atoms with Crippen LogP contribution in [0.4, 0.5) is 5.13 Å². The van der Waals surface area contributed by atoms with Gasteiger partial charge in [0.15, 0.2) is 11.1 Å². The average molecular weight is 398 g/mol. The van der Waals surface area contributed by atoms with E-state index in [1.54, 1.807) is 23.1 Å². The minimum Gasteiger partial charge on any atom is -0.497 e. The maximum absolute atomic E-state index is 6.19. The molecule has 1 aromatic carbocycles. The summed E-state index contributed by atoms with van der Waals surface area (Å²) < 4.78 is 6.89. The lowest BCUT2D eigenvalue weighted by Crippen LogP contribution is -2.51. The minimum atomic E-state index is 0.398. The van der Waals surface area contributed by atoms with Crippen LogP contribution in [-0.2, 0) is 6.54 Å². The molecule has 1 aliphatic rings. The highest BCUT2D eigenvalue weighted by Crippen LogP contribution is 2.19. The Hall–Kier alpha value is -3.14. The summed E-state index contributed by atoms with van der Waals surface area (Å²) in [5, 5.41) is 11.4. The van der Waals surface area contributed by atoms with Gasteiger partial charge in [-0.1, -0.05) is 5.21 Å². The van der Waals surface area contributed by atoms with E-state index in [4.69, 9.17) is 10.5 Å². The Kier molecular flexibility index (Phi) is 5.38. The molecule has 10 heteroatoms. The number of aliphatic imine (C=N–C) groups is 1. The first kappa shape index (κ1) is 18.2. The van der Waals surface area contributed by atoms with Gasteiger partial charge in [0.1, 0.15) is 11.4 Å². The third-order valence-corrected chi connectivity index (χ3v) is 5.41. The molecule has 2 aromatic heterocycles. The second-order valence-electron chi connectivity index (χ2n) is 6.32. The first-order valence-electron chi connectivity index (χ1n) is 8.98. The quantitative estimate of drug-likeness (QED) is 0.512. The molecule has 0 aliphatic carbocycles. The summed E-state index contributed by atoms with van der Waals surface area (Å²) in [6, 6.07) is 7.63. The molecule has 0 atom stereocenters. The number of nitrogens with two attached hydrogens (primary N) is 1. The zero-order valence-corrected chi connectivity index (χ0v) is 16.4. The number of ether oxygens (including phenoxy) is 1. The maximum atomic E-state index is 6.19. The zero-order chi connectivity index (χ0) is 19.3. The third-order valence-electron chi connectivity index (χ3n) is 4.57. The van der Waals surface area contributed by atoms with Crippen LogP contribution < -0.4 is 15.4 Å². The number of benzene rings is 1. The van der Waals surface area contributed by atoms with Crippen molar-refractivity contribution in [1.82, 2.24) is 24.9 Å². The highest BCUT2D eigenvalue weighted by atomic mass is 32.1. The van der Waals surface area contributed by atoms with E-state index < -0.39 is 0 Å². The molecule has 146 valence electrons. The van der Waals surface area contributed by atoms with Crippen molar-refractivity contribution in [2.75, 3.05) is 38.2 Å². The van der Waals surface area contributed by atoms with Gasteiger partial charge in [0.2, 0.25) is 0 Å². The Morgan fingerprint density at radius 3 is 2.68 bits per heavy atom. The van der Waals surface area contributed by atoms with Gasteiger partial charge in [0, 0.05) is 37.8 Å². The Morgan fingerprint density at radius 2 is 2.00 bits per heavy atom. The lowest BCUT2D eigenvalue weighted by Gasteiger charge is -2.35. The second kappa shape index (κ2) is 8.26. The van der Waals surface area contributed by atoms with Crippen LogP contribution in [0.5, 0.6) is 5.75 Å². The average Bonchev–Trinajstić information content (AvgIpc) is 3.44. The van der Waals surface area contributed by atoms with Gasteiger partial charge < -0.3 is 20.3 Å². The maximum Gasteiger partial charge on any atom is 0.191 e. The number of aromatic nitrogens is 4. The smallest absolute Gasteiger partial charge is 0.191 e. The Balaban J connectivity index is 1.33. The van der Waals surface area contributed by atoms with Crippen molar-refractivity contribution in [3.05, 3.63) is 47.7 Å². The monoisotopic (exact) mass is 398 g/mol. The Labute approximate surface area is 167 Å². The molecule has 1 aliphatic heterocycles. The fourth-order valence-corrected chi connectivity index (χ4v) is 3.69. The molecular formula is C18H22N8OS. The first-order chi connectivity index (χ1) is 13.7. The van der Waals surface area contributed by atoms with Crippen LogP contribution in [0, 0.1) is 0 Å². The molecule has 0 unspecified atom stereocenters. The van der Waals surface area contributed by atoms with E-state index in [0.717, 1.165) is 48.4 Å². The van der Waals surface area contributed by atoms with Crippen LogP contribution in [-0.4, -0.2) is 64.1 Å². The number of nitrogens with zero attached hydrogens (tertiary/aromatic N) is 7. The summed E-state index contributed by atoms with van der Waals surface area (Å²) in [5.41, 5.74) is 7.86. The van der Waals surface area contributed by atoms with E-state index in [2.05, 4.69) is 30.1 Å². The summed E-state index contributed by atoms with van der Waals surface area (Å²) in [6.07, 6.45) is 3.69. The number of hydrogen-bond acceptors (Lipinski definition) is 7. The summed E-state index contributed by atoms with van der Waals surface area (Å²) in [7, 11) is 1.64. The van der Waals surface area contributed by atoms with Crippen molar-refractivity contribution in [1.29, 1.82) is 0 Å². The third kappa shape index (κ3) is 4.06. The van der Waals surface area contributed by atoms with Gasteiger partial charge in [-0.3, -0.25) is 0 Å². The van der Waals surface area contributed by atoms with Crippen LogP contribution in [0.1, 0.15) is 5.69 Å². The van der Waals surface area contributed by atoms with E-state index >= 15 is 0 Å². The predicted molar refractivity (Wildman–Crippen MR) is 109 cm³/mol. The molecule has 3 heterocycles. The van der Waals surface area contributed by atoms with E-state index in [9.17, 15) is 0 Å². The standard InChI is InChI=1S/C18H22N8OS/c1-27-16-4-2-15(3-5-16)26-13-14(22-23-26)12-21-17(19)24-7-9-25(10-8-24)18-20-6-11-28-18/h2-6,11,13H,7-10,12H2,1H3,(H2,19,21). The molecule has 1 fully saturated rings. The number of thiazole rings is 1. The SMILES string of the molecule is COc1ccc(-n2cc(CN=C(N)N3CCN(c4nccs4)CC3)nn2)cc1. The van der Waals surface area contributed by atoms with Gasteiger partial charge >= 0.3 is 0 Å². The first-order valence-corrected chi connectivity index (χ1v) is 9.86. The molecule has 1 saturated heterocycles. The van der Waals surface area contributed by atoms with Crippen LogP contribution in [0.2, 0.25) is 0 Å². The lowest BCUT2D eigenvalue weighted by atomic mass is 10.3. The highest BCUT2D eigenvalue weighted by Gasteiger charge is 2.19. The van der Waals surface area contributed by atoms with E-state index in [1.165, 1.54) is 0 Å². The number of anilines is 1. The molecule has 9 nitrogen and oxygen atoms in total. The number of piperazine rings is 1. The molecular weight excluding hydrogens is 376 g/mol. The Morgan fingerprint density at radius 1 is 1.21 bits per heavy atom. The van der Waals surface area contributed by atoms with Gasteiger partial charge in [-0.25, -0.2) is 14.7 Å². The number of guanidine groups is 1. The fourth-order valence-electron chi connectivity index (χ4n) is 2.99. The van der Waals surface area contributed by atoms with Gasteiger partial charge in [0.25, 0.3) is 0 Å². The van der Waals surface area contributed by atoms with Crippen LogP contribution in [0.15, 0.2) is 47.0 Å². The number of methoxy groups -OCH3 is 1. The molecule has 2 N–H and O–H groups in total. The highest BCUT2D eigenvalue weighted by molar-refractivity contribution is 7.13. The van der Waals surface area contributed by atoms with Crippen molar-refractivity contribution in [2.24, 2.45) is 10.7 Å². The summed E-state index contributed by atoms with van der Waals surface area (Å²) in [5.74, 6) is 1.34. The topological polar surface area (TPSA) is 97.7 Å². The fraction of sp³-hybridized carbons (Fsp3) is 0.333. The van der Waals surface area contributed by atoms with Crippen molar-refractivity contribution in [3.8, 4) is 11.4 Å². The molecule has 0 bridgehead atoms. The minimum absolute atomic E-state index is 0.398. The molecule has 0 saturated carbocycles. The predicted octanol–water partition coefficient (Wildman–Crippen LogP) is 1.37. The van der Waals surface area contributed by atoms with Crippen LogP contribution >= 0.6 is 11.3 Å². The molecule has 4 rings (SSSR count). The second-order valence-corrected chi connectivity index (χ2v) is 7.19. The van der Waals surface area contributed by atoms with Gasteiger partial charge in [0.05, 0.1) is 25.5 Å². The Bertz CT molecular complexity index is 913. The molecule has 28 heavy (non-hydrogen) atoms. The van der Waals surface area contributed by atoms with Crippen LogP contribution in [0.3, 0.4) is 0 Å². The van der Waals surface area contributed by atoms with Crippen molar-refractivity contribution >= 4 is 22.4 Å². The van der Waals surface area contributed by atoms with Gasteiger partial charge in [-0.2, -0.15) is 0 Å². The largest absolute Gasteiger partial charge is 0.497 e. The van der Waals surface area contributed by atoms with Gasteiger partial charge in [-0.05, 0) is 24.3 Å². The van der Waals surface area contributed by atoms with E-state index in [1.807, 2.05) is 42.0 Å². The summed E-state index contributed by atoms with van der Waals surface area (Å²) in [4.78, 5) is 13.2.